The molecular weight excluding hydrogens is 492 g/mol. The Morgan fingerprint density at radius 1 is 1.03 bits per heavy atom. The number of para-hydroxylation sites is 2. The molecule has 3 aromatic rings. The van der Waals surface area contributed by atoms with Crippen molar-refractivity contribution in [3.05, 3.63) is 81.5 Å². The van der Waals surface area contributed by atoms with Crippen LogP contribution in [0.4, 0.5) is 5.69 Å². The van der Waals surface area contributed by atoms with Gasteiger partial charge in [0.2, 0.25) is 11.8 Å². The molecule has 2 aliphatic heterocycles. The van der Waals surface area contributed by atoms with Crippen LogP contribution in [-0.2, 0) is 29.3 Å². The number of hydrogen-bond acceptors (Lipinski definition) is 9. The molecule has 5 rings (SSSR count). The van der Waals surface area contributed by atoms with Crippen LogP contribution in [-0.4, -0.2) is 37.6 Å². The van der Waals surface area contributed by atoms with E-state index in [0.29, 0.717) is 17.5 Å². The van der Waals surface area contributed by atoms with Crippen LogP contribution in [0.3, 0.4) is 0 Å². The minimum atomic E-state index is -2.07. The molecular formula is C28H26N2O8. The van der Waals surface area contributed by atoms with Crippen molar-refractivity contribution in [1.29, 1.82) is 0 Å². The zero-order valence-electron chi connectivity index (χ0n) is 20.9. The lowest BCUT2D eigenvalue weighted by atomic mass is 9.68. The number of nitrogens with two attached hydrogens (primary N) is 1. The van der Waals surface area contributed by atoms with E-state index in [4.69, 9.17) is 24.4 Å². The summed E-state index contributed by atoms with van der Waals surface area (Å²) in [7, 11) is 0. The number of rotatable bonds is 7. The lowest BCUT2D eigenvalue weighted by Crippen LogP contribution is -2.51. The summed E-state index contributed by atoms with van der Waals surface area (Å²) >= 11 is 0. The number of anilines is 1. The summed E-state index contributed by atoms with van der Waals surface area (Å²) in [6.07, 6.45) is 1.34. The van der Waals surface area contributed by atoms with Gasteiger partial charge in [-0.05, 0) is 31.5 Å². The Morgan fingerprint density at radius 2 is 1.76 bits per heavy atom. The van der Waals surface area contributed by atoms with Gasteiger partial charge in [-0.2, -0.15) is 0 Å². The molecule has 3 heterocycles. The summed E-state index contributed by atoms with van der Waals surface area (Å²) < 4.78 is 22.1. The molecule has 38 heavy (non-hydrogen) atoms. The molecule has 10 nitrogen and oxygen atoms in total. The number of carbonyl (C=O) groups excluding carboxylic acids is 3. The van der Waals surface area contributed by atoms with Gasteiger partial charge in [-0.3, -0.25) is 14.5 Å². The van der Waals surface area contributed by atoms with Gasteiger partial charge >= 0.3 is 17.6 Å². The third kappa shape index (κ3) is 3.63. The smallest absolute Gasteiger partial charge is 0.345 e. The fourth-order valence-electron chi connectivity index (χ4n) is 5.09. The third-order valence-electron chi connectivity index (χ3n) is 6.67. The van der Waals surface area contributed by atoms with Gasteiger partial charge in [-0.1, -0.05) is 43.7 Å². The van der Waals surface area contributed by atoms with Crippen molar-refractivity contribution in [1.82, 2.24) is 0 Å². The number of benzene rings is 2. The summed E-state index contributed by atoms with van der Waals surface area (Å²) in [5, 5.41) is 0.386. The lowest BCUT2D eigenvalue weighted by molar-refractivity contribution is -0.142. The van der Waals surface area contributed by atoms with Crippen LogP contribution in [0.2, 0.25) is 0 Å². The molecule has 0 fully saturated rings. The van der Waals surface area contributed by atoms with Crippen molar-refractivity contribution in [3.8, 4) is 5.75 Å². The lowest BCUT2D eigenvalue weighted by Gasteiger charge is -2.35. The number of unbranched alkanes of at least 4 members (excludes halogenated alkanes) is 1. The van der Waals surface area contributed by atoms with E-state index in [1.807, 2.05) is 6.92 Å². The molecule has 0 aliphatic carbocycles. The summed E-state index contributed by atoms with van der Waals surface area (Å²) in [6.45, 7) is 3.32. The average molecular weight is 519 g/mol. The molecule has 1 aromatic heterocycles. The molecule has 1 atom stereocenters. The zero-order valence-corrected chi connectivity index (χ0v) is 20.9. The van der Waals surface area contributed by atoms with Gasteiger partial charge in [-0.15, -0.1) is 0 Å². The molecule has 0 bridgehead atoms. The maximum Gasteiger partial charge on any atom is 0.345 e. The van der Waals surface area contributed by atoms with E-state index in [1.165, 1.54) is 4.90 Å². The third-order valence-corrected chi connectivity index (χ3v) is 6.67. The number of amides is 1. The van der Waals surface area contributed by atoms with E-state index < -0.39 is 35.4 Å². The van der Waals surface area contributed by atoms with Crippen LogP contribution < -0.4 is 21.0 Å². The predicted molar refractivity (Wildman–Crippen MR) is 136 cm³/mol. The van der Waals surface area contributed by atoms with Crippen LogP contribution in [0.25, 0.3) is 11.0 Å². The van der Waals surface area contributed by atoms with Crippen LogP contribution >= 0.6 is 0 Å². The predicted octanol–water partition coefficient (Wildman–Crippen LogP) is 2.89. The Bertz CT molecular complexity index is 1560. The molecule has 2 aliphatic rings. The standard InChI is InChI=1S/C28H26N2O8/c1-3-5-14-36-25(32)22-24(29)38-23-16-10-6-9-13-19(16)37-26(33)21(23)28(22)17-11-7-8-12-18(17)30(27(28)34)15-20(31)35-4-2/h6-13H,3-5,14-15,29H2,1-2H3. The Balaban J connectivity index is 1.84. The Morgan fingerprint density at radius 3 is 2.53 bits per heavy atom. The van der Waals surface area contributed by atoms with Crippen LogP contribution in [0.5, 0.6) is 5.75 Å². The first-order valence-electron chi connectivity index (χ1n) is 12.3. The highest BCUT2D eigenvalue weighted by Gasteiger charge is 2.63. The number of fused-ring (bicyclic) bond motifs is 6. The first-order valence-corrected chi connectivity index (χ1v) is 12.3. The first kappa shape index (κ1) is 25.1. The minimum Gasteiger partial charge on any atom is -0.465 e. The van der Waals surface area contributed by atoms with Gasteiger partial charge in [0, 0.05) is 11.3 Å². The highest BCUT2D eigenvalue weighted by Crippen LogP contribution is 2.55. The largest absolute Gasteiger partial charge is 0.465 e. The van der Waals surface area contributed by atoms with Gasteiger partial charge in [0.1, 0.15) is 28.7 Å². The summed E-state index contributed by atoms with van der Waals surface area (Å²) in [5.74, 6) is -2.69. The minimum absolute atomic E-state index is 0.000552. The zero-order chi connectivity index (χ0) is 27.0. The molecule has 1 unspecified atom stereocenters. The van der Waals surface area contributed by atoms with E-state index in [-0.39, 0.29) is 47.1 Å². The van der Waals surface area contributed by atoms with Gasteiger partial charge < -0.3 is 24.4 Å². The molecule has 1 amide bonds. The highest BCUT2D eigenvalue weighted by atomic mass is 16.5. The monoisotopic (exact) mass is 518 g/mol. The second-order valence-corrected chi connectivity index (χ2v) is 8.88. The molecule has 0 saturated carbocycles. The van der Waals surface area contributed by atoms with Crippen LogP contribution in [0.1, 0.15) is 37.8 Å². The maximum absolute atomic E-state index is 14.5. The van der Waals surface area contributed by atoms with E-state index >= 15 is 0 Å². The Hall–Kier alpha value is -4.60. The number of esters is 2. The number of ether oxygens (including phenoxy) is 3. The molecule has 10 heteroatoms. The normalized spacial score (nSPS) is 17.8. The highest BCUT2D eigenvalue weighted by molar-refractivity contribution is 6.20. The summed E-state index contributed by atoms with van der Waals surface area (Å²) in [6, 6.07) is 13.2. The number of carbonyl (C=O) groups is 3. The van der Waals surface area contributed by atoms with Crippen molar-refractivity contribution in [3.63, 3.8) is 0 Å². The van der Waals surface area contributed by atoms with Crippen LogP contribution in [0, 0.1) is 0 Å². The van der Waals surface area contributed by atoms with Crippen molar-refractivity contribution < 1.29 is 33.0 Å². The van der Waals surface area contributed by atoms with E-state index in [1.54, 1.807) is 55.5 Å². The van der Waals surface area contributed by atoms with Crippen molar-refractivity contribution in [2.24, 2.45) is 5.73 Å². The van der Waals surface area contributed by atoms with Crippen LogP contribution in [0.15, 0.2) is 69.2 Å². The van der Waals surface area contributed by atoms with Gasteiger partial charge in [-0.25, -0.2) is 9.59 Å². The second kappa shape index (κ2) is 9.70. The molecule has 196 valence electrons. The van der Waals surface area contributed by atoms with Gasteiger partial charge in [0.05, 0.1) is 18.6 Å². The average Bonchev–Trinajstić information content (AvgIpc) is 3.12. The van der Waals surface area contributed by atoms with Gasteiger partial charge in [0.15, 0.2) is 5.75 Å². The van der Waals surface area contributed by atoms with E-state index in [9.17, 15) is 19.2 Å². The number of nitrogens with zero attached hydrogens (tertiary/aromatic N) is 1. The van der Waals surface area contributed by atoms with Gasteiger partial charge in [0.25, 0.3) is 0 Å². The molecule has 2 N–H and O–H groups in total. The van der Waals surface area contributed by atoms with Crippen molar-refractivity contribution >= 4 is 34.5 Å². The number of hydrogen-bond donors (Lipinski definition) is 1. The molecule has 1 spiro atoms. The molecule has 0 radical (unpaired) electrons. The maximum atomic E-state index is 14.5. The first-order chi connectivity index (χ1) is 18.4. The quantitative estimate of drug-likeness (QED) is 0.284. The Labute approximate surface area is 217 Å². The fraction of sp³-hybridized carbons (Fsp3) is 0.286. The van der Waals surface area contributed by atoms with E-state index in [0.717, 1.165) is 6.42 Å². The molecule has 2 aromatic carbocycles. The topological polar surface area (TPSA) is 138 Å². The van der Waals surface area contributed by atoms with E-state index in [2.05, 4.69) is 0 Å². The summed E-state index contributed by atoms with van der Waals surface area (Å²) in [5.41, 5.74) is 3.67. The Kier molecular flexibility index (Phi) is 6.40. The van der Waals surface area contributed by atoms with Crippen molar-refractivity contribution in [2.75, 3.05) is 24.7 Å². The SMILES string of the molecule is CCCCOC(=O)C1=C(N)Oc2c(c(=O)oc3ccccc23)C12C(=O)N(CC(=O)OCC)c1ccccc12. The molecule has 0 saturated heterocycles. The fourth-order valence-corrected chi connectivity index (χ4v) is 5.09. The van der Waals surface area contributed by atoms with Crippen molar-refractivity contribution in [2.45, 2.75) is 32.1 Å². The summed E-state index contributed by atoms with van der Waals surface area (Å²) in [4.78, 5) is 55.4. The second-order valence-electron chi connectivity index (χ2n) is 8.88.